The van der Waals surface area contributed by atoms with Gasteiger partial charge < -0.3 is 10.2 Å². The molecule has 1 aliphatic heterocycles. The molecule has 0 aromatic carbocycles. The average Bonchev–Trinajstić information content (AvgIpc) is 3.13. The van der Waals surface area contributed by atoms with E-state index in [4.69, 9.17) is 0 Å². The van der Waals surface area contributed by atoms with Crippen molar-refractivity contribution in [1.82, 2.24) is 10.2 Å². The molecule has 1 saturated carbocycles. The molecule has 5 nitrogen and oxygen atoms in total. The summed E-state index contributed by atoms with van der Waals surface area (Å²) in [5.74, 6) is 0.322. The summed E-state index contributed by atoms with van der Waals surface area (Å²) >= 11 is 0. The van der Waals surface area contributed by atoms with Crippen LogP contribution in [0.3, 0.4) is 0 Å². The maximum Gasteiger partial charge on any atom is 0.223 e. The van der Waals surface area contributed by atoms with Gasteiger partial charge in [-0.3, -0.25) is 4.79 Å². The molecular weight excluding hydrogens is 288 g/mol. The van der Waals surface area contributed by atoms with Crippen LogP contribution in [0, 0.1) is 5.41 Å². The zero-order valence-corrected chi connectivity index (χ0v) is 14.0. The molecule has 21 heavy (non-hydrogen) atoms. The monoisotopic (exact) mass is 316 g/mol. The predicted octanol–water partition coefficient (Wildman–Crippen LogP) is 1.19. The van der Waals surface area contributed by atoms with Crippen LogP contribution in [0.2, 0.25) is 0 Å². The van der Waals surface area contributed by atoms with Crippen molar-refractivity contribution in [3.63, 3.8) is 0 Å². The minimum Gasteiger partial charge on any atom is -0.340 e. The third-order valence-corrected chi connectivity index (χ3v) is 5.72. The molecule has 1 saturated heterocycles. The van der Waals surface area contributed by atoms with Crippen LogP contribution in [0.25, 0.3) is 0 Å². The van der Waals surface area contributed by atoms with Gasteiger partial charge in [-0.15, -0.1) is 0 Å². The third-order valence-electron chi connectivity index (χ3n) is 4.59. The summed E-state index contributed by atoms with van der Waals surface area (Å²) in [6, 6.07) is 0.327. The second kappa shape index (κ2) is 6.65. The lowest BCUT2D eigenvalue weighted by Crippen LogP contribution is -2.47. The first-order valence-corrected chi connectivity index (χ1v) is 10.1. The van der Waals surface area contributed by atoms with Crippen molar-refractivity contribution in [2.75, 3.05) is 31.6 Å². The maximum atomic E-state index is 12.7. The van der Waals surface area contributed by atoms with E-state index in [1.807, 2.05) is 4.90 Å². The predicted molar refractivity (Wildman–Crippen MR) is 83.9 cm³/mol. The van der Waals surface area contributed by atoms with Crippen LogP contribution in [-0.4, -0.2) is 56.9 Å². The minimum absolute atomic E-state index is 0.157. The number of hydrogen-bond acceptors (Lipinski definition) is 4. The summed E-state index contributed by atoms with van der Waals surface area (Å²) in [6.07, 6.45) is 6.39. The molecule has 0 spiro atoms. The second-order valence-corrected chi connectivity index (χ2v) is 8.96. The fourth-order valence-electron chi connectivity index (χ4n) is 3.40. The highest BCUT2D eigenvalue weighted by atomic mass is 32.2. The van der Waals surface area contributed by atoms with Gasteiger partial charge >= 0.3 is 0 Å². The lowest BCUT2D eigenvalue weighted by molar-refractivity contribution is -0.135. The minimum atomic E-state index is -3.01. The molecule has 1 heterocycles. The van der Waals surface area contributed by atoms with Crippen molar-refractivity contribution in [2.24, 2.45) is 5.41 Å². The summed E-state index contributed by atoms with van der Waals surface area (Å²) < 4.78 is 23.1. The molecule has 0 aromatic rings. The quantitative estimate of drug-likeness (QED) is 0.766. The Morgan fingerprint density at radius 3 is 2.38 bits per heavy atom. The van der Waals surface area contributed by atoms with E-state index in [1.165, 1.54) is 6.26 Å². The number of carbonyl (C=O) groups is 1. The Morgan fingerprint density at radius 2 is 1.90 bits per heavy atom. The Balaban J connectivity index is 1.98. The highest BCUT2D eigenvalue weighted by Crippen LogP contribution is 2.50. The van der Waals surface area contributed by atoms with E-state index < -0.39 is 9.84 Å². The standard InChI is InChI=1S/C15H28N2O3S/c1-3-10-17(13-4-8-16-9-5-13)14(18)11-15(6-7-15)12-21(2,19)20/h13,16H,3-12H2,1-2H3. The fraction of sp³-hybridized carbons (Fsp3) is 0.933. The van der Waals surface area contributed by atoms with Gasteiger partial charge in [0.05, 0.1) is 5.75 Å². The third kappa shape index (κ3) is 4.95. The number of amides is 1. The van der Waals surface area contributed by atoms with Crippen LogP contribution < -0.4 is 5.32 Å². The van der Waals surface area contributed by atoms with Crippen LogP contribution >= 0.6 is 0 Å². The second-order valence-electron chi connectivity index (χ2n) is 6.82. The first-order chi connectivity index (χ1) is 9.85. The van der Waals surface area contributed by atoms with Gasteiger partial charge in [0, 0.05) is 25.3 Å². The lowest BCUT2D eigenvalue weighted by atomic mass is 10.00. The van der Waals surface area contributed by atoms with Gasteiger partial charge in [-0.25, -0.2) is 8.42 Å². The molecule has 2 aliphatic rings. The first-order valence-electron chi connectivity index (χ1n) is 8.03. The molecule has 1 amide bonds. The number of rotatable bonds is 7. The molecule has 0 bridgehead atoms. The van der Waals surface area contributed by atoms with Crippen LogP contribution in [0.5, 0.6) is 0 Å². The molecule has 2 rings (SSSR count). The number of carbonyl (C=O) groups excluding carboxylic acids is 1. The van der Waals surface area contributed by atoms with Gasteiger partial charge in [0.1, 0.15) is 9.84 Å². The van der Waals surface area contributed by atoms with E-state index in [0.29, 0.717) is 12.5 Å². The topological polar surface area (TPSA) is 66.5 Å². The average molecular weight is 316 g/mol. The molecule has 1 aliphatic carbocycles. The summed E-state index contributed by atoms with van der Waals surface area (Å²) in [4.78, 5) is 14.7. The SMILES string of the molecule is CCCN(C(=O)CC1(CS(C)(=O)=O)CC1)C1CCNCC1. The van der Waals surface area contributed by atoms with Crippen LogP contribution in [0.4, 0.5) is 0 Å². The van der Waals surface area contributed by atoms with Gasteiger partial charge in [-0.1, -0.05) is 6.92 Å². The summed E-state index contributed by atoms with van der Waals surface area (Å²) in [7, 11) is -3.01. The Hall–Kier alpha value is -0.620. The first kappa shape index (κ1) is 16.7. The van der Waals surface area contributed by atoms with Crippen LogP contribution in [-0.2, 0) is 14.6 Å². The molecule has 0 atom stereocenters. The highest BCUT2D eigenvalue weighted by molar-refractivity contribution is 7.90. The number of nitrogens with one attached hydrogen (secondary N) is 1. The van der Waals surface area contributed by atoms with Crippen molar-refractivity contribution in [3.8, 4) is 0 Å². The molecule has 122 valence electrons. The molecule has 2 fully saturated rings. The lowest BCUT2D eigenvalue weighted by Gasteiger charge is -2.35. The van der Waals surface area contributed by atoms with Crippen LogP contribution in [0.1, 0.15) is 45.4 Å². The molecule has 6 heteroatoms. The van der Waals surface area contributed by atoms with Crippen molar-refractivity contribution in [3.05, 3.63) is 0 Å². The Bertz CT molecular complexity index is 465. The van der Waals surface area contributed by atoms with E-state index in [2.05, 4.69) is 12.2 Å². The van der Waals surface area contributed by atoms with Crippen molar-refractivity contribution in [2.45, 2.75) is 51.5 Å². The van der Waals surface area contributed by atoms with Gasteiger partial charge in [-0.05, 0) is 50.6 Å². The highest BCUT2D eigenvalue weighted by Gasteiger charge is 2.47. The van der Waals surface area contributed by atoms with E-state index in [9.17, 15) is 13.2 Å². The largest absolute Gasteiger partial charge is 0.340 e. The Labute approximate surface area is 128 Å². The molecule has 0 unspecified atom stereocenters. The smallest absolute Gasteiger partial charge is 0.223 e. The molecular formula is C15H28N2O3S. The van der Waals surface area contributed by atoms with Crippen molar-refractivity contribution in [1.29, 1.82) is 0 Å². The fourth-order valence-corrected chi connectivity index (χ4v) is 4.90. The van der Waals surface area contributed by atoms with Crippen molar-refractivity contribution >= 4 is 15.7 Å². The van der Waals surface area contributed by atoms with E-state index in [-0.39, 0.29) is 17.1 Å². The van der Waals surface area contributed by atoms with Gasteiger partial charge in [0.15, 0.2) is 0 Å². The number of nitrogens with zero attached hydrogens (tertiary/aromatic N) is 1. The summed E-state index contributed by atoms with van der Waals surface area (Å²) in [6.45, 7) is 4.81. The Kier molecular flexibility index (Phi) is 5.30. The molecule has 0 aromatic heterocycles. The van der Waals surface area contributed by atoms with E-state index in [1.54, 1.807) is 0 Å². The summed E-state index contributed by atoms with van der Waals surface area (Å²) in [5.41, 5.74) is -0.260. The number of sulfone groups is 1. The van der Waals surface area contributed by atoms with Crippen molar-refractivity contribution < 1.29 is 13.2 Å². The van der Waals surface area contributed by atoms with Crippen LogP contribution in [0.15, 0.2) is 0 Å². The zero-order chi connectivity index (χ0) is 15.5. The molecule has 0 radical (unpaired) electrons. The van der Waals surface area contributed by atoms with Gasteiger partial charge in [0.2, 0.25) is 5.91 Å². The zero-order valence-electron chi connectivity index (χ0n) is 13.2. The van der Waals surface area contributed by atoms with Gasteiger partial charge in [0.25, 0.3) is 0 Å². The Morgan fingerprint density at radius 1 is 1.29 bits per heavy atom. The van der Waals surface area contributed by atoms with E-state index in [0.717, 1.165) is 51.7 Å². The number of piperidine rings is 1. The summed E-state index contributed by atoms with van der Waals surface area (Å²) in [5, 5.41) is 3.33. The number of hydrogen-bond donors (Lipinski definition) is 1. The van der Waals surface area contributed by atoms with Gasteiger partial charge in [-0.2, -0.15) is 0 Å². The van der Waals surface area contributed by atoms with E-state index >= 15 is 0 Å². The normalized spacial score (nSPS) is 22.0. The maximum absolute atomic E-state index is 12.7. The molecule has 1 N–H and O–H groups in total.